The highest BCUT2D eigenvalue weighted by molar-refractivity contribution is 5.82. The lowest BCUT2D eigenvalue weighted by atomic mass is 9.77. The van der Waals surface area contributed by atoms with Crippen LogP contribution >= 0.6 is 0 Å². The van der Waals surface area contributed by atoms with Crippen molar-refractivity contribution < 1.29 is 9.90 Å². The van der Waals surface area contributed by atoms with Crippen molar-refractivity contribution in [2.45, 2.75) is 65.4 Å². The SMILES string of the molecule is CC(C)CC1(C(=O)NCCC(C)O)CCCC1. The summed E-state index contributed by atoms with van der Waals surface area (Å²) in [5.41, 5.74) is -0.118. The normalized spacial score (nSPS) is 20.5. The van der Waals surface area contributed by atoms with E-state index < -0.39 is 0 Å². The molecule has 0 aromatic carbocycles. The maximum Gasteiger partial charge on any atom is 0.226 e. The zero-order chi connectivity index (χ0) is 12.9. The van der Waals surface area contributed by atoms with Crippen LogP contribution in [0.5, 0.6) is 0 Å². The van der Waals surface area contributed by atoms with E-state index in [2.05, 4.69) is 19.2 Å². The fourth-order valence-electron chi connectivity index (χ4n) is 2.94. The van der Waals surface area contributed by atoms with Crippen molar-refractivity contribution in [1.29, 1.82) is 0 Å². The first-order valence-corrected chi connectivity index (χ1v) is 6.93. The minimum absolute atomic E-state index is 0.118. The number of hydrogen-bond acceptors (Lipinski definition) is 2. The number of carbonyl (C=O) groups excluding carboxylic acids is 1. The van der Waals surface area contributed by atoms with Crippen LogP contribution in [-0.2, 0) is 4.79 Å². The van der Waals surface area contributed by atoms with Gasteiger partial charge in [-0.05, 0) is 38.5 Å². The predicted molar refractivity (Wildman–Crippen MR) is 69.7 cm³/mol. The summed E-state index contributed by atoms with van der Waals surface area (Å²) in [6.07, 6.45) is 5.72. The molecule has 0 bridgehead atoms. The Morgan fingerprint density at radius 1 is 1.29 bits per heavy atom. The number of aliphatic hydroxyl groups is 1. The monoisotopic (exact) mass is 241 g/mol. The molecule has 3 nitrogen and oxygen atoms in total. The maximum atomic E-state index is 12.3. The molecule has 1 unspecified atom stereocenters. The zero-order valence-corrected chi connectivity index (χ0v) is 11.5. The van der Waals surface area contributed by atoms with Crippen molar-refractivity contribution in [3.63, 3.8) is 0 Å². The second kappa shape index (κ2) is 6.39. The van der Waals surface area contributed by atoms with E-state index in [9.17, 15) is 9.90 Å². The Morgan fingerprint density at radius 3 is 2.35 bits per heavy atom. The summed E-state index contributed by atoms with van der Waals surface area (Å²) in [5.74, 6) is 0.778. The summed E-state index contributed by atoms with van der Waals surface area (Å²) in [6.45, 7) is 6.72. The molecule has 1 aliphatic rings. The smallest absolute Gasteiger partial charge is 0.226 e. The number of aliphatic hydroxyl groups excluding tert-OH is 1. The van der Waals surface area contributed by atoms with Gasteiger partial charge in [-0.25, -0.2) is 0 Å². The van der Waals surface area contributed by atoms with Crippen LogP contribution < -0.4 is 5.32 Å². The molecule has 1 atom stereocenters. The van der Waals surface area contributed by atoms with Gasteiger partial charge in [0.25, 0.3) is 0 Å². The molecule has 2 N–H and O–H groups in total. The average molecular weight is 241 g/mol. The van der Waals surface area contributed by atoms with Crippen molar-refractivity contribution in [3.8, 4) is 0 Å². The molecule has 17 heavy (non-hydrogen) atoms. The first-order valence-electron chi connectivity index (χ1n) is 6.93. The number of hydrogen-bond donors (Lipinski definition) is 2. The van der Waals surface area contributed by atoms with Crippen LogP contribution in [-0.4, -0.2) is 23.7 Å². The zero-order valence-electron chi connectivity index (χ0n) is 11.5. The van der Waals surface area contributed by atoms with E-state index in [-0.39, 0.29) is 17.4 Å². The molecule has 1 fully saturated rings. The van der Waals surface area contributed by atoms with Gasteiger partial charge in [0.05, 0.1) is 6.10 Å². The lowest BCUT2D eigenvalue weighted by Gasteiger charge is -2.29. The lowest BCUT2D eigenvalue weighted by Crippen LogP contribution is -2.41. The van der Waals surface area contributed by atoms with Crippen LogP contribution in [0.1, 0.15) is 59.3 Å². The minimum Gasteiger partial charge on any atom is -0.393 e. The summed E-state index contributed by atoms with van der Waals surface area (Å²) in [4.78, 5) is 12.3. The summed E-state index contributed by atoms with van der Waals surface area (Å²) >= 11 is 0. The summed E-state index contributed by atoms with van der Waals surface area (Å²) < 4.78 is 0. The minimum atomic E-state index is -0.333. The van der Waals surface area contributed by atoms with E-state index in [1.165, 1.54) is 12.8 Å². The molecule has 0 aliphatic heterocycles. The Bertz CT molecular complexity index is 243. The number of amides is 1. The third kappa shape index (κ3) is 4.30. The van der Waals surface area contributed by atoms with Gasteiger partial charge in [0.2, 0.25) is 5.91 Å². The summed E-state index contributed by atoms with van der Waals surface area (Å²) in [7, 11) is 0. The summed E-state index contributed by atoms with van der Waals surface area (Å²) in [5, 5.41) is 12.2. The fourth-order valence-corrected chi connectivity index (χ4v) is 2.94. The van der Waals surface area contributed by atoms with E-state index in [0.717, 1.165) is 19.3 Å². The molecule has 0 heterocycles. The van der Waals surface area contributed by atoms with Gasteiger partial charge in [-0.2, -0.15) is 0 Å². The van der Waals surface area contributed by atoms with Crippen LogP contribution in [0, 0.1) is 11.3 Å². The third-order valence-corrected chi connectivity index (χ3v) is 3.69. The molecule has 1 aliphatic carbocycles. The van der Waals surface area contributed by atoms with Crippen molar-refractivity contribution in [2.75, 3.05) is 6.54 Å². The van der Waals surface area contributed by atoms with E-state index >= 15 is 0 Å². The van der Waals surface area contributed by atoms with Gasteiger partial charge in [-0.1, -0.05) is 26.7 Å². The van der Waals surface area contributed by atoms with E-state index in [4.69, 9.17) is 0 Å². The molecule has 3 heteroatoms. The molecule has 0 spiro atoms. The lowest BCUT2D eigenvalue weighted by molar-refractivity contribution is -0.131. The molecule has 0 radical (unpaired) electrons. The second-order valence-corrected chi connectivity index (χ2v) is 5.98. The highest BCUT2D eigenvalue weighted by Crippen LogP contribution is 2.43. The second-order valence-electron chi connectivity index (χ2n) is 5.98. The Hall–Kier alpha value is -0.570. The molecule has 1 rings (SSSR count). The number of carbonyl (C=O) groups is 1. The van der Waals surface area contributed by atoms with Gasteiger partial charge < -0.3 is 10.4 Å². The standard InChI is InChI=1S/C14H27NO2/c1-11(2)10-14(7-4-5-8-14)13(17)15-9-6-12(3)16/h11-12,16H,4-10H2,1-3H3,(H,15,17). The first kappa shape index (κ1) is 14.5. The van der Waals surface area contributed by atoms with Crippen molar-refractivity contribution in [1.82, 2.24) is 5.32 Å². The molecule has 0 aromatic heterocycles. The Morgan fingerprint density at radius 2 is 1.88 bits per heavy atom. The van der Waals surface area contributed by atoms with E-state index in [1.807, 2.05) is 0 Å². The van der Waals surface area contributed by atoms with Crippen LogP contribution in [0.25, 0.3) is 0 Å². The van der Waals surface area contributed by atoms with Gasteiger partial charge in [-0.15, -0.1) is 0 Å². The van der Waals surface area contributed by atoms with Crippen molar-refractivity contribution in [2.24, 2.45) is 11.3 Å². The van der Waals surface area contributed by atoms with Gasteiger partial charge in [0.1, 0.15) is 0 Å². The third-order valence-electron chi connectivity index (χ3n) is 3.69. The topological polar surface area (TPSA) is 49.3 Å². The molecule has 1 saturated carbocycles. The van der Waals surface area contributed by atoms with Crippen LogP contribution in [0.3, 0.4) is 0 Å². The molecular formula is C14H27NO2. The number of nitrogens with one attached hydrogen (secondary N) is 1. The molecule has 0 aromatic rings. The molecule has 100 valence electrons. The largest absolute Gasteiger partial charge is 0.393 e. The highest BCUT2D eigenvalue weighted by Gasteiger charge is 2.40. The van der Waals surface area contributed by atoms with Gasteiger partial charge in [0.15, 0.2) is 0 Å². The first-order chi connectivity index (χ1) is 7.96. The molecule has 0 saturated heterocycles. The average Bonchev–Trinajstić information content (AvgIpc) is 2.65. The Labute approximate surface area is 105 Å². The van der Waals surface area contributed by atoms with Crippen molar-refractivity contribution >= 4 is 5.91 Å². The molecule has 1 amide bonds. The number of rotatable bonds is 6. The highest BCUT2D eigenvalue weighted by atomic mass is 16.3. The van der Waals surface area contributed by atoms with Gasteiger partial charge in [0, 0.05) is 12.0 Å². The quantitative estimate of drug-likeness (QED) is 0.750. The van der Waals surface area contributed by atoms with Crippen molar-refractivity contribution in [3.05, 3.63) is 0 Å². The van der Waals surface area contributed by atoms with E-state index in [1.54, 1.807) is 6.92 Å². The predicted octanol–water partition coefficient (Wildman–Crippen LogP) is 2.48. The Balaban J connectivity index is 2.49. The maximum absolute atomic E-state index is 12.3. The van der Waals surface area contributed by atoms with Crippen LogP contribution in [0.4, 0.5) is 0 Å². The van der Waals surface area contributed by atoms with Crippen LogP contribution in [0.15, 0.2) is 0 Å². The fraction of sp³-hybridized carbons (Fsp3) is 0.929. The Kier molecular flexibility index (Phi) is 5.44. The van der Waals surface area contributed by atoms with E-state index in [0.29, 0.717) is 18.9 Å². The van der Waals surface area contributed by atoms with Gasteiger partial charge >= 0.3 is 0 Å². The summed E-state index contributed by atoms with van der Waals surface area (Å²) in [6, 6.07) is 0. The van der Waals surface area contributed by atoms with Crippen LogP contribution in [0.2, 0.25) is 0 Å². The molecular weight excluding hydrogens is 214 g/mol. The van der Waals surface area contributed by atoms with Gasteiger partial charge in [-0.3, -0.25) is 4.79 Å².